The molecule has 0 saturated carbocycles. The van der Waals surface area contributed by atoms with Crippen LogP contribution in [0, 0.1) is 0 Å². The molecule has 117 heavy (non-hydrogen) atoms. The Morgan fingerprint density at radius 3 is 0.650 bits per heavy atom. The van der Waals surface area contributed by atoms with E-state index in [4.69, 9.17) is 28.4 Å². The van der Waals surface area contributed by atoms with E-state index < -0.39 is 16.2 Å². The Balaban J connectivity index is 0.000000106. The SMILES string of the molecule is c1ccc(-c2ccc3c(c2)C2(c4ccccc4O3)c3ccccc3Oc3c(-c4ccccc4)cccc32)cc1.c1ccc(-c2ccc3c(c2)Oc2ccccc2C32c3ccccc3Oc3c(-c4ccccc4)cccc32)cc1.c1ccc(-c2cccc3c2Oc2ccccc2C32c3ccccc3Oc3c(-c4ccccc4)cccc32)cc1. The molecule has 18 aromatic carbocycles. The highest BCUT2D eigenvalue weighted by Gasteiger charge is 2.55. The van der Waals surface area contributed by atoms with Crippen molar-refractivity contribution in [2.75, 3.05) is 0 Å². The van der Waals surface area contributed by atoms with E-state index in [2.05, 4.69) is 388 Å². The van der Waals surface area contributed by atoms with Crippen molar-refractivity contribution in [2.24, 2.45) is 0 Å². The fourth-order valence-electron chi connectivity index (χ4n) is 19.1. The molecular formula is C111H72O6. The van der Waals surface area contributed by atoms with Crippen LogP contribution in [0.15, 0.2) is 437 Å². The average molecular weight is 1500 g/mol. The van der Waals surface area contributed by atoms with Gasteiger partial charge in [-0.1, -0.05) is 382 Å². The lowest BCUT2D eigenvalue weighted by Crippen LogP contribution is -2.37. The summed E-state index contributed by atoms with van der Waals surface area (Å²) >= 11 is 0. The zero-order valence-corrected chi connectivity index (χ0v) is 63.5. The molecule has 18 aromatic rings. The molecule has 24 rings (SSSR count). The van der Waals surface area contributed by atoms with Crippen molar-refractivity contribution in [1.29, 1.82) is 0 Å². The summed E-state index contributed by atoms with van der Waals surface area (Å²) in [7, 11) is 0. The Kier molecular flexibility index (Phi) is 16.5. The van der Waals surface area contributed by atoms with E-state index in [-0.39, 0.29) is 0 Å². The van der Waals surface area contributed by atoms with Gasteiger partial charge in [-0.15, -0.1) is 0 Å². The molecule has 6 aliphatic rings. The fraction of sp³-hybridized carbons (Fsp3) is 0.0270. The van der Waals surface area contributed by atoms with Gasteiger partial charge in [-0.05, 0) is 99.1 Å². The van der Waals surface area contributed by atoms with Crippen LogP contribution < -0.4 is 28.4 Å². The van der Waals surface area contributed by atoms with Crippen molar-refractivity contribution in [3.8, 4) is 136 Å². The number of rotatable bonds is 6. The lowest BCUT2D eigenvalue weighted by Gasteiger charge is -2.45. The Morgan fingerprint density at radius 1 is 0.120 bits per heavy atom. The maximum Gasteiger partial charge on any atom is 0.140 e. The first kappa shape index (κ1) is 68.6. The minimum absolute atomic E-state index is 0.603. The van der Waals surface area contributed by atoms with Gasteiger partial charge in [0.2, 0.25) is 0 Å². The third kappa shape index (κ3) is 10.9. The highest BCUT2D eigenvalue weighted by atomic mass is 16.5. The number of hydrogen-bond acceptors (Lipinski definition) is 6. The van der Waals surface area contributed by atoms with E-state index in [0.29, 0.717) is 0 Å². The lowest BCUT2D eigenvalue weighted by molar-refractivity contribution is 0.400. The quantitative estimate of drug-likeness (QED) is 0.165. The molecule has 0 aliphatic carbocycles. The number of para-hydroxylation sites is 10. The van der Waals surface area contributed by atoms with Crippen LogP contribution in [-0.4, -0.2) is 0 Å². The van der Waals surface area contributed by atoms with E-state index in [0.717, 1.165) is 197 Å². The summed E-state index contributed by atoms with van der Waals surface area (Å²) in [5.74, 6) is 10.4. The van der Waals surface area contributed by atoms with Crippen LogP contribution in [-0.2, 0) is 16.2 Å². The van der Waals surface area contributed by atoms with Crippen LogP contribution in [0.1, 0.15) is 66.8 Å². The zero-order valence-electron chi connectivity index (χ0n) is 63.5. The summed E-state index contributed by atoms with van der Waals surface area (Å²) in [6, 6.07) is 153. The summed E-state index contributed by atoms with van der Waals surface area (Å²) in [6.45, 7) is 0. The molecule has 6 heteroatoms. The van der Waals surface area contributed by atoms with Gasteiger partial charge in [0, 0.05) is 89.0 Å². The molecule has 0 fully saturated rings. The normalized spacial score (nSPS) is 15.4. The van der Waals surface area contributed by atoms with Crippen LogP contribution in [0.25, 0.3) is 66.8 Å². The summed E-state index contributed by atoms with van der Waals surface area (Å²) < 4.78 is 40.4. The minimum atomic E-state index is -0.621. The van der Waals surface area contributed by atoms with Crippen molar-refractivity contribution in [2.45, 2.75) is 16.2 Å². The topological polar surface area (TPSA) is 55.4 Å². The molecule has 6 heterocycles. The molecule has 0 radical (unpaired) electrons. The van der Waals surface area contributed by atoms with E-state index in [1.807, 2.05) is 48.5 Å². The second-order valence-corrected chi connectivity index (χ2v) is 30.2. The first-order valence-corrected chi connectivity index (χ1v) is 39.8. The molecule has 3 spiro atoms. The van der Waals surface area contributed by atoms with Crippen molar-refractivity contribution >= 4 is 0 Å². The molecule has 0 saturated heterocycles. The first-order chi connectivity index (χ1) is 58.0. The van der Waals surface area contributed by atoms with Gasteiger partial charge in [0.15, 0.2) is 0 Å². The summed E-state index contributed by atoms with van der Waals surface area (Å²) in [6.07, 6.45) is 0. The van der Waals surface area contributed by atoms with Crippen LogP contribution in [0.5, 0.6) is 69.0 Å². The van der Waals surface area contributed by atoms with Gasteiger partial charge in [0.1, 0.15) is 69.0 Å². The zero-order chi connectivity index (χ0) is 77.4. The Bertz CT molecular complexity index is 6520. The fourth-order valence-corrected chi connectivity index (χ4v) is 19.1. The van der Waals surface area contributed by atoms with Crippen molar-refractivity contribution < 1.29 is 28.4 Å². The standard InChI is InChI=1S/3C37H24O2/c1-3-13-25(14-4-1)27-17-11-21-31-35(27)38-33-23-9-7-19-29(33)37(31)30-20-8-10-24-34(30)39-36-28(18-12-22-32(36)37)26-15-5-2-6-16-26;1-3-12-25(13-4-1)27-22-23-31-35(24-27)38-33-20-9-7-17-29(33)37(31)30-18-8-10-21-34(30)39-36-28(16-11-19-32(36)37)26-14-5-2-6-15-26;1-3-12-25(13-4-1)27-22-23-35-32(24-27)37(29-17-7-9-20-33(29)38-35)30-18-8-10-21-34(30)39-36-28(16-11-19-31(36)37)26-14-5-2-6-15-26/h3*1-24H. The number of hydrogen-bond donors (Lipinski definition) is 0. The molecule has 2 atom stereocenters. The maximum absolute atomic E-state index is 6.79. The van der Waals surface area contributed by atoms with E-state index in [9.17, 15) is 0 Å². The number of fused-ring (bicyclic) bond motifs is 24. The Hall–Kier alpha value is -15.2. The van der Waals surface area contributed by atoms with Gasteiger partial charge in [0.05, 0.1) is 16.2 Å². The van der Waals surface area contributed by atoms with Gasteiger partial charge in [-0.3, -0.25) is 0 Å². The van der Waals surface area contributed by atoms with Gasteiger partial charge >= 0.3 is 0 Å². The molecule has 0 bridgehead atoms. The summed E-state index contributed by atoms with van der Waals surface area (Å²) in [4.78, 5) is 0. The van der Waals surface area contributed by atoms with Gasteiger partial charge in [0.25, 0.3) is 0 Å². The monoisotopic (exact) mass is 1500 g/mol. The van der Waals surface area contributed by atoms with Gasteiger partial charge < -0.3 is 28.4 Å². The third-order valence-corrected chi connectivity index (χ3v) is 24.0. The second kappa shape index (κ2) is 28.1. The molecular weight excluding hydrogens is 1430 g/mol. The molecule has 0 aromatic heterocycles. The molecule has 552 valence electrons. The molecule has 6 aliphatic heterocycles. The Morgan fingerprint density at radius 2 is 0.333 bits per heavy atom. The Labute approximate surface area is 679 Å². The first-order valence-electron chi connectivity index (χ1n) is 39.8. The van der Waals surface area contributed by atoms with E-state index in [1.54, 1.807) is 0 Å². The predicted molar refractivity (Wildman–Crippen MR) is 467 cm³/mol. The predicted octanol–water partition coefficient (Wildman–Crippen LogP) is 28.8. The van der Waals surface area contributed by atoms with E-state index in [1.165, 1.54) is 5.56 Å². The van der Waals surface area contributed by atoms with Crippen LogP contribution in [0.4, 0.5) is 0 Å². The van der Waals surface area contributed by atoms with Crippen molar-refractivity contribution in [1.82, 2.24) is 0 Å². The summed E-state index contributed by atoms with van der Waals surface area (Å²) in [5.41, 5.74) is 25.0. The number of ether oxygens (including phenoxy) is 6. The molecule has 6 nitrogen and oxygen atoms in total. The van der Waals surface area contributed by atoms with Gasteiger partial charge in [-0.25, -0.2) is 0 Å². The summed E-state index contributed by atoms with van der Waals surface area (Å²) in [5, 5.41) is 0. The van der Waals surface area contributed by atoms with Gasteiger partial charge in [-0.2, -0.15) is 0 Å². The highest BCUT2D eigenvalue weighted by molar-refractivity contribution is 5.89. The highest BCUT2D eigenvalue weighted by Crippen LogP contribution is 2.67. The third-order valence-electron chi connectivity index (χ3n) is 24.0. The van der Waals surface area contributed by atoms with Crippen LogP contribution in [0.2, 0.25) is 0 Å². The van der Waals surface area contributed by atoms with Crippen molar-refractivity contribution in [3.05, 3.63) is 504 Å². The second-order valence-electron chi connectivity index (χ2n) is 30.2. The van der Waals surface area contributed by atoms with E-state index >= 15 is 0 Å². The average Bonchev–Trinajstić information content (AvgIpc) is 0.687. The maximum atomic E-state index is 6.79. The van der Waals surface area contributed by atoms with Crippen LogP contribution >= 0.6 is 0 Å². The number of benzene rings is 18. The molecule has 2 unspecified atom stereocenters. The molecule has 0 N–H and O–H groups in total. The molecule has 0 amide bonds. The van der Waals surface area contributed by atoms with Crippen molar-refractivity contribution in [3.63, 3.8) is 0 Å². The smallest absolute Gasteiger partial charge is 0.140 e. The minimum Gasteiger partial charge on any atom is -0.457 e. The lowest BCUT2D eigenvalue weighted by atomic mass is 9.61. The van der Waals surface area contributed by atoms with Crippen LogP contribution in [0.3, 0.4) is 0 Å². The largest absolute Gasteiger partial charge is 0.457 e.